The first-order valence-electron chi connectivity index (χ1n) is 9.36. The zero-order valence-electron chi connectivity index (χ0n) is 16.7. The number of ether oxygens (including phenoxy) is 1. The third kappa shape index (κ3) is 5.14. The Bertz CT molecular complexity index is 979. The molecule has 3 atom stereocenters. The first-order chi connectivity index (χ1) is 13.7. The summed E-state index contributed by atoms with van der Waals surface area (Å²) in [5.74, 6) is -9.93. The van der Waals surface area contributed by atoms with Gasteiger partial charge in [-0.2, -0.15) is 8.42 Å². The highest BCUT2D eigenvalue weighted by atomic mass is 32.2. The Hall–Kier alpha value is -1.24. The van der Waals surface area contributed by atoms with Crippen LogP contribution < -0.4 is 0 Å². The lowest BCUT2D eigenvalue weighted by molar-refractivity contribution is -0.0203. The molecular formula is C18H24F4O6S2. The molecule has 1 aromatic rings. The van der Waals surface area contributed by atoms with E-state index in [1.165, 1.54) is 0 Å². The van der Waals surface area contributed by atoms with E-state index in [4.69, 9.17) is 9.29 Å². The summed E-state index contributed by atoms with van der Waals surface area (Å²) < 4.78 is 117. The van der Waals surface area contributed by atoms with Crippen molar-refractivity contribution in [2.45, 2.75) is 55.9 Å². The molecule has 1 N–H and O–H groups in total. The molecule has 2 rings (SSSR count). The van der Waals surface area contributed by atoms with E-state index in [2.05, 4.69) is 13.8 Å². The molecule has 30 heavy (non-hydrogen) atoms. The van der Waals surface area contributed by atoms with Crippen molar-refractivity contribution in [1.29, 1.82) is 0 Å². The van der Waals surface area contributed by atoms with E-state index in [0.717, 1.165) is 12.8 Å². The Kier molecular flexibility index (Phi) is 7.58. The molecule has 0 spiro atoms. The minimum absolute atomic E-state index is 0.139. The number of benzene rings is 1. The second-order valence-electron chi connectivity index (χ2n) is 7.91. The third-order valence-electron chi connectivity index (χ3n) is 5.54. The van der Waals surface area contributed by atoms with Crippen LogP contribution in [0.5, 0.6) is 0 Å². The summed E-state index contributed by atoms with van der Waals surface area (Å²) in [7, 11) is -10.6. The summed E-state index contributed by atoms with van der Waals surface area (Å²) in [5, 5.41) is 0. The maximum atomic E-state index is 14.1. The van der Waals surface area contributed by atoms with Gasteiger partial charge < -0.3 is 4.74 Å². The number of hydrogen-bond donors (Lipinski definition) is 1. The summed E-state index contributed by atoms with van der Waals surface area (Å²) in [4.78, 5) is -4.23. The van der Waals surface area contributed by atoms with Gasteiger partial charge in [0.25, 0.3) is 0 Å². The molecule has 0 aromatic heterocycles. The highest BCUT2D eigenvalue weighted by molar-refractivity contribution is 7.91. The van der Waals surface area contributed by atoms with E-state index in [-0.39, 0.29) is 12.0 Å². The van der Waals surface area contributed by atoms with Crippen LogP contribution in [-0.2, 0) is 24.7 Å². The van der Waals surface area contributed by atoms with Gasteiger partial charge in [-0.3, -0.25) is 4.55 Å². The topological polar surface area (TPSA) is 97.7 Å². The fourth-order valence-electron chi connectivity index (χ4n) is 3.65. The van der Waals surface area contributed by atoms with E-state index in [9.17, 15) is 34.4 Å². The Morgan fingerprint density at radius 3 is 1.93 bits per heavy atom. The van der Waals surface area contributed by atoms with Gasteiger partial charge in [0.2, 0.25) is 0 Å². The lowest BCUT2D eigenvalue weighted by Gasteiger charge is -2.36. The molecule has 1 fully saturated rings. The van der Waals surface area contributed by atoms with Crippen LogP contribution in [0.1, 0.15) is 40.0 Å². The van der Waals surface area contributed by atoms with Gasteiger partial charge in [-0.25, -0.2) is 26.0 Å². The van der Waals surface area contributed by atoms with Crippen molar-refractivity contribution < 1.29 is 43.7 Å². The minimum atomic E-state index is -5.67. The van der Waals surface area contributed by atoms with Crippen LogP contribution in [-0.4, -0.2) is 39.9 Å². The predicted octanol–water partition coefficient (Wildman–Crippen LogP) is 3.74. The Morgan fingerprint density at radius 1 is 0.967 bits per heavy atom. The highest BCUT2D eigenvalue weighted by Gasteiger charge is 2.37. The Morgan fingerprint density at radius 2 is 1.47 bits per heavy atom. The fraction of sp³-hybridized carbons (Fsp3) is 0.667. The number of hydrogen-bond acceptors (Lipinski definition) is 5. The normalized spacial score (nSPS) is 23.2. The minimum Gasteiger partial charge on any atom is -0.377 e. The number of halogens is 4. The Labute approximate surface area is 173 Å². The zero-order chi connectivity index (χ0) is 23.0. The highest BCUT2D eigenvalue weighted by Crippen LogP contribution is 2.35. The van der Waals surface area contributed by atoms with Crippen molar-refractivity contribution in [3.63, 3.8) is 0 Å². The second kappa shape index (κ2) is 9.09. The van der Waals surface area contributed by atoms with Gasteiger partial charge in [0.05, 0.1) is 18.5 Å². The van der Waals surface area contributed by atoms with Crippen LogP contribution in [0.3, 0.4) is 0 Å². The van der Waals surface area contributed by atoms with Crippen molar-refractivity contribution in [2.24, 2.45) is 17.8 Å². The van der Waals surface area contributed by atoms with E-state index in [0.29, 0.717) is 18.3 Å². The van der Waals surface area contributed by atoms with Gasteiger partial charge in [0.15, 0.2) is 38.0 Å². The van der Waals surface area contributed by atoms with Crippen molar-refractivity contribution in [3.05, 3.63) is 23.3 Å². The standard InChI is InChI=1S/C18H24F4O6S2/c1-9(2)11-5-4-10(3)12(8-11)28-6-7-29(23,24)17-13(19)15(21)18(30(25,26)27)16(22)14(17)20/h9-12H,4-8H2,1-3H3,(H,25,26,27)/t10-,11-,12?/m0/s1. The summed E-state index contributed by atoms with van der Waals surface area (Å²) in [6.07, 6.45) is 2.29. The smallest absolute Gasteiger partial charge is 0.300 e. The summed E-state index contributed by atoms with van der Waals surface area (Å²) in [6.45, 7) is 5.60. The summed E-state index contributed by atoms with van der Waals surface area (Å²) in [5.41, 5.74) is 0. The molecule has 12 heteroatoms. The fourth-order valence-corrected chi connectivity index (χ4v) is 5.53. The van der Waals surface area contributed by atoms with Crippen molar-refractivity contribution >= 4 is 20.0 Å². The number of rotatable bonds is 7. The number of sulfone groups is 1. The SMILES string of the molecule is CC(C)[C@H]1CC[C@H](C)C(OCCS(=O)(=O)c2c(F)c(F)c(S(=O)(=O)O)c(F)c2F)C1. The zero-order valence-corrected chi connectivity index (χ0v) is 18.3. The van der Waals surface area contributed by atoms with Gasteiger partial charge in [0.1, 0.15) is 4.90 Å². The maximum absolute atomic E-state index is 14.1. The van der Waals surface area contributed by atoms with Gasteiger partial charge >= 0.3 is 10.1 Å². The summed E-state index contributed by atoms with van der Waals surface area (Å²) >= 11 is 0. The molecule has 0 heterocycles. The van der Waals surface area contributed by atoms with Gasteiger partial charge in [-0.1, -0.05) is 20.8 Å². The first kappa shape index (κ1) is 25.0. The average Bonchev–Trinajstić information content (AvgIpc) is 2.60. The molecule has 1 unspecified atom stereocenters. The third-order valence-corrected chi connectivity index (χ3v) is 8.10. The molecule has 1 aliphatic rings. The molecule has 0 radical (unpaired) electrons. The second-order valence-corrected chi connectivity index (χ2v) is 11.3. The largest absolute Gasteiger partial charge is 0.377 e. The lowest BCUT2D eigenvalue weighted by Crippen LogP contribution is -2.33. The summed E-state index contributed by atoms with van der Waals surface area (Å²) in [6, 6.07) is 0. The van der Waals surface area contributed by atoms with Crippen LogP contribution in [0.2, 0.25) is 0 Å². The van der Waals surface area contributed by atoms with Gasteiger partial charge in [-0.15, -0.1) is 0 Å². The predicted molar refractivity (Wildman–Crippen MR) is 99.2 cm³/mol. The lowest BCUT2D eigenvalue weighted by atomic mass is 9.76. The molecule has 1 aromatic carbocycles. The van der Waals surface area contributed by atoms with E-state index < -0.39 is 65.4 Å². The molecule has 172 valence electrons. The maximum Gasteiger partial charge on any atom is 0.300 e. The molecule has 0 amide bonds. The van der Waals surface area contributed by atoms with E-state index in [1.807, 2.05) is 6.92 Å². The molecule has 1 aliphatic carbocycles. The first-order valence-corrected chi connectivity index (χ1v) is 12.5. The molecule has 1 saturated carbocycles. The molecule has 0 saturated heterocycles. The molecular weight excluding hydrogens is 452 g/mol. The van der Waals surface area contributed by atoms with E-state index in [1.54, 1.807) is 0 Å². The van der Waals surface area contributed by atoms with Crippen LogP contribution >= 0.6 is 0 Å². The quantitative estimate of drug-likeness (QED) is 0.366. The monoisotopic (exact) mass is 476 g/mol. The van der Waals surface area contributed by atoms with Gasteiger partial charge in [-0.05, 0) is 37.0 Å². The molecule has 0 bridgehead atoms. The molecule has 6 nitrogen and oxygen atoms in total. The van der Waals surface area contributed by atoms with Crippen LogP contribution in [0, 0.1) is 41.0 Å². The molecule has 0 aliphatic heterocycles. The van der Waals surface area contributed by atoms with E-state index >= 15 is 0 Å². The van der Waals surface area contributed by atoms with Gasteiger partial charge in [0, 0.05) is 0 Å². The van der Waals surface area contributed by atoms with Crippen LogP contribution in [0.4, 0.5) is 17.6 Å². The van der Waals surface area contributed by atoms with Crippen molar-refractivity contribution in [3.8, 4) is 0 Å². The van der Waals surface area contributed by atoms with Crippen LogP contribution in [0.15, 0.2) is 9.79 Å². The van der Waals surface area contributed by atoms with Crippen molar-refractivity contribution in [2.75, 3.05) is 12.4 Å². The Balaban J connectivity index is 2.24. The van der Waals surface area contributed by atoms with Crippen LogP contribution in [0.25, 0.3) is 0 Å². The van der Waals surface area contributed by atoms with Crippen molar-refractivity contribution in [1.82, 2.24) is 0 Å². The average molecular weight is 477 g/mol.